The molecule has 1 heterocycles. The van der Waals surface area contributed by atoms with Crippen molar-refractivity contribution >= 4 is 11.6 Å². The Morgan fingerprint density at radius 3 is 2.37 bits per heavy atom. The van der Waals surface area contributed by atoms with Gasteiger partial charge in [0.15, 0.2) is 0 Å². The van der Waals surface area contributed by atoms with Crippen LogP contribution in [0.3, 0.4) is 0 Å². The maximum absolute atomic E-state index is 6.10. The van der Waals surface area contributed by atoms with Gasteiger partial charge >= 0.3 is 0 Å². The third-order valence-corrected chi connectivity index (χ3v) is 3.72. The van der Waals surface area contributed by atoms with E-state index in [0.29, 0.717) is 17.0 Å². The first-order valence-electron chi connectivity index (χ1n) is 6.78. The van der Waals surface area contributed by atoms with Gasteiger partial charge in [-0.15, -0.1) is 0 Å². The van der Waals surface area contributed by atoms with E-state index in [1.54, 1.807) is 0 Å². The molecular weight excluding hydrogens is 256 g/mol. The molecule has 0 radical (unpaired) electrons. The summed E-state index contributed by atoms with van der Waals surface area (Å²) in [6, 6.07) is 10.4. The van der Waals surface area contributed by atoms with Gasteiger partial charge in [0.25, 0.3) is 0 Å². The van der Waals surface area contributed by atoms with Crippen LogP contribution in [0.4, 0.5) is 0 Å². The number of halogens is 1. The minimum atomic E-state index is 0.521. The molecule has 98 valence electrons. The Kier molecular flexibility index (Phi) is 3.28. The molecule has 0 atom stereocenters. The van der Waals surface area contributed by atoms with Crippen molar-refractivity contribution < 1.29 is 0 Å². The molecule has 1 saturated carbocycles. The largest absolute Gasteiger partial charge is 0.232 e. The predicted molar refractivity (Wildman–Crippen MR) is 78.5 cm³/mol. The lowest BCUT2D eigenvalue weighted by Crippen LogP contribution is -1.96. The van der Waals surface area contributed by atoms with E-state index in [1.165, 1.54) is 18.4 Å². The molecule has 3 heteroatoms. The van der Waals surface area contributed by atoms with Crippen LogP contribution >= 0.6 is 11.6 Å². The fraction of sp³-hybridized carbons (Fsp3) is 0.375. The summed E-state index contributed by atoms with van der Waals surface area (Å²) in [5.41, 5.74) is 3.37. The zero-order chi connectivity index (χ0) is 13.4. The van der Waals surface area contributed by atoms with Gasteiger partial charge in [-0.1, -0.05) is 49.7 Å². The first kappa shape index (κ1) is 12.6. The summed E-state index contributed by atoms with van der Waals surface area (Å²) >= 11 is 6.10. The first-order chi connectivity index (χ1) is 9.13. The molecule has 1 fully saturated rings. The summed E-state index contributed by atoms with van der Waals surface area (Å²) in [7, 11) is 0. The summed E-state index contributed by atoms with van der Waals surface area (Å²) in [4.78, 5) is 8.97. The molecule has 0 unspecified atom stereocenters. The quantitative estimate of drug-likeness (QED) is 0.750. The fourth-order valence-electron chi connectivity index (χ4n) is 2.15. The highest BCUT2D eigenvalue weighted by atomic mass is 35.5. The Labute approximate surface area is 118 Å². The van der Waals surface area contributed by atoms with Crippen LogP contribution in [-0.4, -0.2) is 9.97 Å². The summed E-state index contributed by atoms with van der Waals surface area (Å²) < 4.78 is 0. The lowest BCUT2D eigenvalue weighted by molar-refractivity contribution is 0.866. The zero-order valence-corrected chi connectivity index (χ0v) is 12.0. The van der Waals surface area contributed by atoms with E-state index in [9.17, 15) is 0 Å². The van der Waals surface area contributed by atoms with Crippen LogP contribution in [0.15, 0.2) is 30.3 Å². The van der Waals surface area contributed by atoms with E-state index in [1.807, 2.05) is 6.07 Å². The molecule has 0 amide bonds. The average molecular weight is 273 g/mol. The van der Waals surface area contributed by atoms with Crippen molar-refractivity contribution in [1.29, 1.82) is 0 Å². The molecule has 1 aromatic heterocycles. The molecular formula is C16H17ClN2. The molecule has 2 nitrogen and oxygen atoms in total. The topological polar surface area (TPSA) is 25.8 Å². The van der Waals surface area contributed by atoms with Crippen molar-refractivity contribution in [2.45, 2.75) is 38.5 Å². The highest BCUT2D eigenvalue weighted by molar-refractivity contribution is 6.29. The standard InChI is InChI=1S/C16H17ClN2/c1-10(2)11-3-5-12(6-4-11)14-9-15(17)19-16(18-14)13-7-8-13/h3-6,9-10,13H,7-8H2,1-2H3. The maximum atomic E-state index is 6.10. The molecule has 0 saturated heterocycles. The summed E-state index contributed by atoms with van der Waals surface area (Å²) in [6.07, 6.45) is 2.37. The van der Waals surface area contributed by atoms with E-state index in [2.05, 4.69) is 48.1 Å². The van der Waals surface area contributed by atoms with E-state index < -0.39 is 0 Å². The maximum Gasteiger partial charge on any atom is 0.133 e. The second kappa shape index (κ2) is 4.93. The SMILES string of the molecule is CC(C)c1ccc(-c2cc(Cl)nc(C3CC3)n2)cc1. The lowest BCUT2D eigenvalue weighted by Gasteiger charge is -2.08. The van der Waals surface area contributed by atoms with Gasteiger partial charge in [0.2, 0.25) is 0 Å². The summed E-state index contributed by atoms with van der Waals surface area (Å²) in [5.74, 6) is 1.97. The normalized spacial score (nSPS) is 14.9. The first-order valence-corrected chi connectivity index (χ1v) is 7.16. The van der Waals surface area contributed by atoms with Crippen LogP contribution in [-0.2, 0) is 0 Å². The van der Waals surface area contributed by atoms with Crippen LogP contribution in [0, 0.1) is 0 Å². The fourth-order valence-corrected chi connectivity index (χ4v) is 2.34. The van der Waals surface area contributed by atoms with Crippen LogP contribution in [0.25, 0.3) is 11.3 Å². The molecule has 2 aromatic rings. The molecule has 0 N–H and O–H groups in total. The van der Waals surface area contributed by atoms with Crippen molar-refractivity contribution in [3.63, 3.8) is 0 Å². The number of hydrogen-bond acceptors (Lipinski definition) is 2. The second-order valence-corrected chi connectivity index (χ2v) is 5.87. The smallest absolute Gasteiger partial charge is 0.133 e. The van der Waals surface area contributed by atoms with Crippen molar-refractivity contribution in [3.05, 3.63) is 46.9 Å². The number of rotatable bonds is 3. The molecule has 0 bridgehead atoms. The number of benzene rings is 1. The van der Waals surface area contributed by atoms with Crippen molar-refractivity contribution in [2.24, 2.45) is 0 Å². The lowest BCUT2D eigenvalue weighted by atomic mass is 10.0. The number of hydrogen-bond donors (Lipinski definition) is 0. The van der Waals surface area contributed by atoms with Crippen LogP contribution in [0.1, 0.15) is 49.9 Å². The molecule has 0 aliphatic heterocycles. The average Bonchev–Trinajstić information content (AvgIpc) is 3.22. The van der Waals surface area contributed by atoms with Crippen molar-refractivity contribution in [3.8, 4) is 11.3 Å². The Morgan fingerprint density at radius 1 is 1.11 bits per heavy atom. The van der Waals surface area contributed by atoms with Crippen LogP contribution in [0.2, 0.25) is 5.15 Å². The van der Waals surface area contributed by atoms with E-state index in [-0.39, 0.29) is 0 Å². The van der Waals surface area contributed by atoms with E-state index >= 15 is 0 Å². The molecule has 19 heavy (non-hydrogen) atoms. The van der Waals surface area contributed by atoms with Crippen molar-refractivity contribution in [2.75, 3.05) is 0 Å². The summed E-state index contributed by atoms with van der Waals surface area (Å²) in [6.45, 7) is 4.39. The Balaban J connectivity index is 1.96. The molecule has 0 spiro atoms. The number of aromatic nitrogens is 2. The highest BCUT2D eigenvalue weighted by Gasteiger charge is 2.27. The Hall–Kier alpha value is -1.41. The van der Waals surface area contributed by atoms with E-state index in [0.717, 1.165) is 17.1 Å². The Morgan fingerprint density at radius 2 is 1.79 bits per heavy atom. The molecule has 1 aliphatic carbocycles. The summed E-state index contributed by atoms with van der Waals surface area (Å²) in [5, 5.41) is 0.542. The second-order valence-electron chi connectivity index (χ2n) is 5.49. The van der Waals surface area contributed by atoms with Crippen molar-refractivity contribution in [1.82, 2.24) is 9.97 Å². The molecule has 3 rings (SSSR count). The third-order valence-electron chi connectivity index (χ3n) is 3.53. The third kappa shape index (κ3) is 2.79. The van der Waals surface area contributed by atoms with Crippen LogP contribution < -0.4 is 0 Å². The Bertz CT molecular complexity index is 586. The van der Waals surface area contributed by atoms with Crippen LogP contribution in [0.5, 0.6) is 0 Å². The minimum absolute atomic E-state index is 0.521. The van der Waals surface area contributed by atoms with Gasteiger partial charge in [0, 0.05) is 17.5 Å². The van der Waals surface area contributed by atoms with Gasteiger partial charge in [-0.05, 0) is 24.3 Å². The zero-order valence-electron chi connectivity index (χ0n) is 11.2. The van der Waals surface area contributed by atoms with Gasteiger partial charge in [0.05, 0.1) is 5.69 Å². The minimum Gasteiger partial charge on any atom is -0.232 e. The monoisotopic (exact) mass is 272 g/mol. The van der Waals surface area contributed by atoms with Gasteiger partial charge in [-0.25, -0.2) is 9.97 Å². The molecule has 1 aromatic carbocycles. The molecule has 1 aliphatic rings. The van der Waals surface area contributed by atoms with Gasteiger partial charge in [-0.2, -0.15) is 0 Å². The number of nitrogens with zero attached hydrogens (tertiary/aromatic N) is 2. The van der Waals surface area contributed by atoms with E-state index in [4.69, 9.17) is 11.6 Å². The van der Waals surface area contributed by atoms with Gasteiger partial charge < -0.3 is 0 Å². The van der Waals surface area contributed by atoms with Gasteiger partial charge in [-0.3, -0.25) is 0 Å². The predicted octanol–water partition coefficient (Wildman–Crippen LogP) is 4.80. The highest BCUT2D eigenvalue weighted by Crippen LogP contribution is 2.39. The van der Waals surface area contributed by atoms with Gasteiger partial charge in [0.1, 0.15) is 11.0 Å².